The van der Waals surface area contributed by atoms with E-state index in [9.17, 15) is 0 Å². The van der Waals surface area contributed by atoms with Gasteiger partial charge >= 0.3 is 0 Å². The summed E-state index contributed by atoms with van der Waals surface area (Å²) in [6, 6.07) is 65.9. The molecule has 296 valence electrons. The Morgan fingerprint density at radius 3 is 1.54 bits per heavy atom. The smallest absolute Gasteiger partial charge is 0.0476 e. The second-order valence-electron chi connectivity index (χ2n) is 16.5. The Morgan fingerprint density at radius 2 is 0.966 bits per heavy atom. The van der Waals surface area contributed by atoms with E-state index in [1.807, 2.05) is 11.3 Å². The Hall–Kier alpha value is -5.64. The van der Waals surface area contributed by atoms with Crippen LogP contribution in [0.4, 0.5) is 34.1 Å². The topological polar surface area (TPSA) is 6.48 Å². The van der Waals surface area contributed by atoms with Crippen molar-refractivity contribution in [3.05, 3.63) is 193 Å². The highest BCUT2D eigenvalue weighted by Gasteiger charge is 2.33. The molecular formula is C56H56N2S. The third-order valence-electron chi connectivity index (χ3n) is 13.0. The molecule has 1 aliphatic rings. The van der Waals surface area contributed by atoms with E-state index in [0.717, 1.165) is 18.5 Å². The van der Waals surface area contributed by atoms with Crippen molar-refractivity contribution in [3.63, 3.8) is 0 Å². The number of hydrogen-bond acceptors (Lipinski definition) is 3. The van der Waals surface area contributed by atoms with Gasteiger partial charge in [-0.2, -0.15) is 0 Å². The lowest BCUT2D eigenvalue weighted by molar-refractivity contribution is 0.431. The molecule has 2 nitrogen and oxygen atoms in total. The first kappa shape index (κ1) is 38.9. The van der Waals surface area contributed by atoms with E-state index < -0.39 is 0 Å². The summed E-state index contributed by atoms with van der Waals surface area (Å²) in [5.41, 5.74) is 11.3. The Kier molecular flexibility index (Phi) is 11.7. The summed E-state index contributed by atoms with van der Waals surface area (Å²) in [5, 5.41) is 2.65. The van der Waals surface area contributed by atoms with Gasteiger partial charge in [0.25, 0.3) is 0 Å². The molecular weight excluding hydrogens is 733 g/mol. The molecule has 0 spiro atoms. The predicted octanol–water partition coefficient (Wildman–Crippen LogP) is 17.3. The summed E-state index contributed by atoms with van der Waals surface area (Å²) in [4.78, 5) is 4.83. The number of para-hydroxylation sites is 2. The zero-order valence-corrected chi connectivity index (χ0v) is 35.5. The zero-order chi connectivity index (χ0) is 40.0. The third-order valence-corrected chi connectivity index (χ3v) is 14.2. The van der Waals surface area contributed by atoms with Crippen LogP contribution in [0, 0.1) is 0 Å². The Morgan fingerprint density at radius 1 is 0.475 bits per heavy atom. The molecule has 3 heteroatoms. The molecule has 0 N–H and O–H groups in total. The summed E-state index contributed by atoms with van der Waals surface area (Å²) in [5.74, 6) is 0.698. The van der Waals surface area contributed by atoms with Gasteiger partial charge in [-0.25, -0.2) is 0 Å². The van der Waals surface area contributed by atoms with Crippen LogP contribution < -0.4 is 9.80 Å². The zero-order valence-electron chi connectivity index (χ0n) is 34.7. The molecule has 1 saturated carbocycles. The first-order valence-corrected chi connectivity index (χ1v) is 22.9. The molecule has 9 rings (SSSR count). The van der Waals surface area contributed by atoms with Gasteiger partial charge in [0.1, 0.15) is 0 Å². The summed E-state index contributed by atoms with van der Waals surface area (Å²) in [7, 11) is 0. The Bertz CT molecular complexity index is 2570. The molecule has 59 heavy (non-hydrogen) atoms. The van der Waals surface area contributed by atoms with Crippen molar-refractivity contribution < 1.29 is 0 Å². The summed E-state index contributed by atoms with van der Waals surface area (Å²) in [6.07, 6.45) is 12.5. The standard InChI is InChI=1S/C56H56N2S/c1-3-5-17-40-56(4-2,44-28-34-49(35-29-44)57(46-20-11-7-12-21-46)48-32-26-43(27-33-48)42-18-9-6-10-19-42)45-30-36-50(37-31-45)58(47-22-13-8-14-23-47)51-38-39-53-52-24-15-16-25-54(52)59-55(53)41-51/h7-8,11-16,20-39,41-42H,3-6,9-10,17-19,40H2,1-2H3. The van der Waals surface area contributed by atoms with Crippen molar-refractivity contribution in [3.8, 4) is 0 Å². The fraction of sp³-hybridized carbons (Fsp3) is 0.250. The molecule has 1 heterocycles. The van der Waals surface area contributed by atoms with Crippen molar-refractivity contribution in [2.45, 2.75) is 89.4 Å². The molecule has 7 aromatic carbocycles. The van der Waals surface area contributed by atoms with Crippen molar-refractivity contribution in [2.75, 3.05) is 9.80 Å². The van der Waals surface area contributed by atoms with Crippen LogP contribution in [0.1, 0.15) is 101 Å². The first-order valence-electron chi connectivity index (χ1n) is 22.1. The van der Waals surface area contributed by atoms with E-state index >= 15 is 0 Å². The quantitative estimate of drug-likeness (QED) is 0.101. The number of nitrogens with zero attached hydrogens (tertiary/aromatic N) is 2. The van der Waals surface area contributed by atoms with Gasteiger partial charge in [0.15, 0.2) is 0 Å². The number of benzene rings is 7. The van der Waals surface area contributed by atoms with Gasteiger partial charge in [-0.05, 0) is 127 Å². The van der Waals surface area contributed by atoms with Crippen LogP contribution >= 0.6 is 11.3 Å². The molecule has 0 bridgehead atoms. The average molecular weight is 789 g/mol. The summed E-state index contributed by atoms with van der Waals surface area (Å²) in [6.45, 7) is 4.69. The maximum atomic E-state index is 2.42. The predicted molar refractivity (Wildman–Crippen MR) is 256 cm³/mol. The largest absolute Gasteiger partial charge is 0.311 e. The minimum absolute atomic E-state index is 0.0982. The van der Waals surface area contributed by atoms with Crippen LogP contribution in [0.3, 0.4) is 0 Å². The maximum Gasteiger partial charge on any atom is 0.0476 e. The number of unbranched alkanes of at least 4 members (excludes halogenated alkanes) is 2. The lowest BCUT2D eigenvalue weighted by atomic mass is 9.69. The second-order valence-corrected chi connectivity index (χ2v) is 17.6. The van der Waals surface area contributed by atoms with E-state index in [1.54, 1.807) is 0 Å². The minimum Gasteiger partial charge on any atom is -0.311 e. The molecule has 0 aliphatic heterocycles. The Labute approximate surface area is 355 Å². The number of fused-ring (bicyclic) bond motifs is 3. The molecule has 0 saturated heterocycles. The summed E-state index contributed by atoms with van der Waals surface area (Å²) >= 11 is 1.88. The SMILES string of the molecule is CCCCCC(CC)(c1ccc(N(c2ccccc2)c2ccc(C3CCCCC3)cc2)cc1)c1ccc(N(c2ccccc2)c2ccc3c(c2)sc2ccccc23)cc1. The second kappa shape index (κ2) is 17.7. The highest BCUT2D eigenvalue weighted by atomic mass is 32.1. The third kappa shape index (κ3) is 7.94. The highest BCUT2D eigenvalue weighted by molar-refractivity contribution is 7.25. The maximum absolute atomic E-state index is 2.42. The van der Waals surface area contributed by atoms with E-state index in [4.69, 9.17) is 0 Å². The number of anilines is 6. The van der Waals surface area contributed by atoms with E-state index in [1.165, 1.54) is 117 Å². The van der Waals surface area contributed by atoms with Crippen LogP contribution in [0.5, 0.6) is 0 Å². The van der Waals surface area contributed by atoms with E-state index in [-0.39, 0.29) is 5.41 Å². The number of thiophene rings is 1. The number of hydrogen-bond donors (Lipinski definition) is 0. The van der Waals surface area contributed by atoms with Crippen molar-refractivity contribution in [1.82, 2.24) is 0 Å². The van der Waals surface area contributed by atoms with Gasteiger partial charge in [0.05, 0.1) is 0 Å². The van der Waals surface area contributed by atoms with Crippen molar-refractivity contribution >= 4 is 65.6 Å². The minimum atomic E-state index is -0.0982. The van der Waals surface area contributed by atoms with E-state index in [2.05, 4.69) is 200 Å². The lowest BCUT2D eigenvalue weighted by Gasteiger charge is -2.36. The average Bonchev–Trinajstić information content (AvgIpc) is 3.68. The van der Waals surface area contributed by atoms with Gasteiger partial charge in [0.2, 0.25) is 0 Å². The highest BCUT2D eigenvalue weighted by Crippen LogP contribution is 2.45. The van der Waals surface area contributed by atoms with Gasteiger partial charge in [-0.1, -0.05) is 149 Å². The van der Waals surface area contributed by atoms with Crippen LogP contribution in [0.2, 0.25) is 0 Å². The monoisotopic (exact) mass is 788 g/mol. The van der Waals surface area contributed by atoms with Gasteiger partial charge in [-0.15, -0.1) is 11.3 Å². The van der Waals surface area contributed by atoms with Crippen LogP contribution in [0.15, 0.2) is 176 Å². The van der Waals surface area contributed by atoms with Crippen molar-refractivity contribution in [2.24, 2.45) is 0 Å². The molecule has 0 amide bonds. The first-order chi connectivity index (χ1) is 29.1. The van der Waals surface area contributed by atoms with Crippen LogP contribution in [0.25, 0.3) is 20.2 Å². The molecule has 8 aromatic rings. The van der Waals surface area contributed by atoms with Gasteiger partial charge in [0, 0.05) is 59.7 Å². The van der Waals surface area contributed by atoms with Crippen LogP contribution in [-0.4, -0.2) is 0 Å². The molecule has 0 radical (unpaired) electrons. The fourth-order valence-electron chi connectivity index (χ4n) is 9.81. The lowest BCUT2D eigenvalue weighted by Crippen LogP contribution is -2.27. The molecule has 1 atom stereocenters. The van der Waals surface area contributed by atoms with Gasteiger partial charge < -0.3 is 9.80 Å². The van der Waals surface area contributed by atoms with Gasteiger partial charge in [-0.3, -0.25) is 0 Å². The molecule has 1 aliphatic carbocycles. The van der Waals surface area contributed by atoms with E-state index in [0.29, 0.717) is 5.92 Å². The Balaban J connectivity index is 1.06. The van der Waals surface area contributed by atoms with Crippen molar-refractivity contribution in [1.29, 1.82) is 0 Å². The normalized spacial score (nSPS) is 14.3. The number of rotatable bonds is 14. The summed E-state index contributed by atoms with van der Waals surface area (Å²) < 4.78 is 2.64. The van der Waals surface area contributed by atoms with Crippen LogP contribution in [-0.2, 0) is 5.41 Å². The fourth-order valence-corrected chi connectivity index (χ4v) is 10.9. The molecule has 1 unspecified atom stereocenters. The molecule has 1 aromatic heterocycles. The molecule has 1 fully saturated rings.